The van der Waals surface area contributed by atoms with Gasteiger partial charge in [0.15, 0.2) is 0 Å². The van der Waals surface area contributed by atoms with Gasteiger partial charge in [-0.2, -0.15) is 0 Å². The van der Waals surface area contributed by atoms with E-state index >= 15 is 0 Å². The number of likely N-dealkylation sites (tertiary alicyclic amines) is 1. The van der Waals surface area contributed by atoms with Crippen LogP contribution in [0.4, 0.5) is 10.1 Å². The number of nitrogens with zero attached hydrogens (tertiary/aromatic N) is 1. The number of nitrogens with two attached hydrogens (primary N) is 1. The van der Waals surface area contributed by atoms with Crippen molar-refractivity contribution in [3.05, 3.63) is 65.5 Å². The number of hydrogen-bond acceptors (Lipinski definition) is 3. The van der Waals surface area contributed by atoms with E-state index in [4.69, 9.17) is 5.73 Å². The van der Waals surface area contributed by atoms with E-state index in [0.717, 1.165) is 5.56 Å². The quantitative estimate of drug-likeness (QED) is 0.829. The second kappa shape index (κ2) is 7.66. The van der Waals surface area contributed by atoms with Crippen LogP contribution in [-0.4, -0.2) is 35.8 Å². The maximum atomic E-state index is 13.5. The van der Waals surface area contributed by atoms with Crippen molar-refractivity contribution in [2.75, 3.05) is 18.4 Å². The Morgan fingerprint density at radius 3 is 2.63 bits per heavy atom. The molecule has 2 aromatic rings. The van der Waals surface area contributed by atoms with Crippen molar-refractivity contribution in [3.63, 3.8) is 0 Å². The van der Waals surface area contributed by atoms with Gasteiger partial charge in [0, 0.05) is 37.2 Å². The summed E-state index contributed by atoms with van der Waals surface area (Å²) in [6, 6.07) is 13.9. The number of hydrogen-bond donors (Lipinski definition) is 2. The fourth-order valence-corrected chi connectivity index (χ4v) is 3.94. The Balaban J connectivity index is 0.00000210. The van der Waals surface area contributed by atoms with Gasteiger partial charge in [0.2, 0.25) is 11.8 Å². The van der Waals surface area contributed by atoms with Crippen LogP contribution in [0.25, 0.3) is 0 Å². The third kappa shape index (κ3) is 3.68. The summed E-state index contributed by atoms with van der Waals surface area (Å²) in [6.45, 7) is 0.978. The highest BCUT2D eigenvalue weighted by Gasteiger charge is 2.39. The molecule has 0 spiro atoms. The third-order valence-corrected chi connectivity index (χ3v) is 5.26. The smallest absolute Gasteiger partial charge is 0.230 e. The molecule has 7 heteroatoms. The van der Waals surface area contributed by atoms with E-state index < -0.39 is 11.7 Å². The van der Waals surface area contributed by atoms with Crippen molar-refractivity contribution in [2.24, 2.45) is 5.73 Å². The molecule has 0 saturated carbocycles. The maximum Gasteiger partial charge on any atom is 0.230 e. The molecule has 2 aliphatic heterocycles. The number of amides is 2. The van der Waals surface area contributed by atoms with E-state index in [9.17, 15) is 14.0 Å². The zero-order valence-corrected chi connectivity index (χ0v) is 15.4. The first kappa shape index (κ1) is 19.3. The normalized spacial score (nSPS) is 24.0. The molecule has 3 N–H and O–H groups in total. The minimum Gasteiger partial charge on any atom is -0.340 e. The Kier molecular flexibility index (Phi) is 5.48. The molecule has 5 nitrogen and oxygen atoms in total. The summed E-state index contributed by atoms with van der Waals surface area (Å²) >= 11 is 0. The van der Waals surface area contributed by atoms with Gasteiger partial charge >= 0.3 is 0 Å². The fraction of sp³-hybridized carbons (Fsp3) is 0.300. The average Bonchev–Trinajstić information content (AvgIpc) is 3.02. The van der Waals surface area contributed by atoms with Gasteiger partial charge in [-0.15, -0.1) is 12.4 Å². The van der Waals surface area contributed by atoms with Gasteiger partial charge < -0.3 is 16.0 Å². The van der Waals surface area contributed by atoms with Gasteiger partial charge in [-0.25, -0.2) is 4.39 Å². The zero-order valence-electron chi connectivity index (χ0n) is 14.6. The van der Waals surface area contributed by atoms with Crippen molar-refractivity contribution in [3.8, 4) is 0 Å². The fourth-order valence-electron chi connectivity index (χ4n) is 3.94. The Hall–Kier alpha value is -2.44. The van der Waals surface area contributed by atoms with Gasteiger partial charge in [-0.05, 0) is 23.3 Å². The molecule has 0 aromatic heterocycles. The summed E-state index contributed by atoms with van der Waals surface area (Å²) in [5, 5.41) is 2.65. The van der Waals surface area contributed by atoms with Gasteiger partial charge in [0.25, 0.3) is 0 Å². The Bertz CT molecular complexity index is 862. The predicted molar refractivity (Wildman–Crippen MR) is 103 cm³/mol. The standard InChI is InChI=1S/C20H20FN3O2.ClH/c21-13-6-7-14-15(9-19(25)23-18(14)8-13)20(26)24-10-16(17(22)11-24)12-4-2-1-3-5-12;/h1-8,15-17H,9-11,22H2,(H,23,25);1H/t15?,16-,17+;/m0./s1. The largest absolute Gasteiger partial charge is 0.340 e. The van der Waals surface area contributed by atoms with Crippen LogP contribution in [0, 0.1) is 5.82 Å². The average molecular weight is 390 g/mol. The molecule has 2 heterocycles. The molecule has 2 amide bonds. The van der Waals surface area contributed by atoms with Crippen molar-refractivity contribution in [1.82, 2.24) is 4.90 Å². The lowest BCUT2D eigenvalue weighted by molar-refractivity contribution is -0.134. The second-order valence-corrected chi connectivity index (χ2v) is 6.96. The van der Waals surface area contributed by atoms with Crippen molar-refractivity contribution in [1.29, 1.82) is 0 Å². The molecular formula is C20H21ClFN3O2. The van der Waals surface area contributed by atoms with E-state index in [-0.39, 0.29) is 42.6 Å². The molecule has 1 saturated heterocycles. The van der Waals surface area contributed by atoms with Crippen LogP contribution >= 0.6 is 12.4 Å². The first-order valence-electron chi connectivity index (χ1n) is 8.71. The first-order chi connectivity index (χ1) is 12.5. The summed E-state index contributed by atoms with van der Waals surface area (Å²) < 4.78 is 13.5. The Morgan fingerprint density at radius 2 is 1.89 bits per heavy atom. The zero-order chi connectivity index (χ0) is 18.3. The number of anilines is 1. The monoisotopic (exact) mass is 389 g/mol. The number of nitrogens with one attached hydrogen (secondary N) is 1. The van der Waals surface area contributed by atoms with E-state index in [1.165, 1.54) is 12.1 Å². The minimum atomic E-state index is -0.596. The Labute approximate surface area is 163 Å². The number of carbonyl (C=O) groups is 2. The van der Waals surface area contributed by atoms with E-state index in [2.05, 4.69) is 5.32 Å². The van der Waals surface area contributed by atoms with Gasteiger partial charge in [-0.3, -0.25) is 9.59 Å². The summed E-state index contributed by atoms with van der Waals surface area (Å²) in [5.74, 6) is -1.36. The van der Waals surface area contributed by atoms with Crippen LogP contribution < -0.4 is 11.1 Å². The van der Waals surface area contributed by atoms with Crippen molar-refractivity contribution in [2.45, 2.75) is 24.3 Å². The predicted octanol–water partition coefficient (Wildman–Crippen LogP) is 2.63. The minimum absolute atomic E-state index is 0. The van der Waals surface area contributed by atoms with Crippen LogP contribution in [0.1, 0.15) is 29.4 Å². The van der Waals surface area contributed by atoms with E-state index in [1.54, 1.807) is 11.0 Å². The number of carbonyl (C=O) groups excluding carboxylic acids is 2. The summed E-state index contributed by atoms with van der Waals surface area (Å²) in [5.41, 5.74) is 8.44. The molecule has 2 aliphatic rings. The lowest BCUT2D eigenvalue weighted by atomic mass is 9.89. The topological polar surface area (TPSA) is 75.4 Å². The molecule has 1 unspecified atom stereocenters. The number of halogens is 2. The highest BCUT2D eigenvalue weighted by Crippen LogP contribution is 2.36. The molecule has 0 bridgehead atoms. The van der Waals surface area contributed by atoms with Crippen LogP contribution in [0.3, 0.4) is 0 Å². The van der Waals surface area contributed by atoms with Gasteiger partial charge in [0.05, 0.1) is 5.92 Å². The van der Waals surface area contributed by atoms with Crippen molar-refractivity contribution < 1.29 is 14.0 Å². The summed E-state index contributed by atoms with van der Waals surface area (Å²) in [6.07, 6.45) is 0.0687. The molecule has 142 valence electrons. The van der Waals surface area contributed by atoms with E-state index in [1.807, 2.05) is 30.3 Å². The lowest BCUT2D eigenvalue weighted by Crippen LogP contribution is -2.38. The molecule has 3 atom stereocenters. The summed E-state index contributed by atoms with van der Waals surface area (Å²) in [4.78, 5) is 26.8. The number of rotatable bonds is 2. The summed E-state index contributed by atoms with van der Waals surface area (Å²) in [7, 11) is 0. The molecule has 4 rings (SSSR count). The molecule has 1 fully saturated rings. The van der Waals surface area contributed by atoms with Crippen LogP contribution in [0.15, 0.2) is 48.5 Å². The first-order valence-corrected chi connectivity index (χ1v) is 8.71. The molecule has 2 aromatic carbocycles. The van der Waals surface area contributed by atoms with Crippen LogP contribution in [0.2, 0.25) is 0 Å². The third-order valence-electron chi connectivity index (χ3n) is 5.26. The number of benzene rings is 2. The van der Waals surface area contributed by atoms with Crippen molar-refractivity contribution >= 4 is 29.9 Å². The molecular weight excluding hydrogens is 369 g/mol. The molecule has 27 heavy (non-hydrogen) atoms. The van der Waals surface area contributed by atoms with Gasteiger partial charge in [-0.1, -0.05) is 36.4 Å². The second-order valence-electron chi connectivity index (χ2n) is 6.96. The van der Waals surface area contributed by atoms with Crippen LogP contribution in [0.5, 0.6) is 0 Å². The molecule has 0 radical (unpaired) electrons. The highest BCUT2D eigenvalue weighted by molar-refractivity contribution is 6.01. The SMILES string of the molecule is Cl.N[C@@H]1CN(C(=O)C2CC(=O)Nc3cc(F)ccc32)C[C@H]1c1ccccc1. The van der Waals surface area contributed by atoms with Gasteiger partial charge in [0.1, 0.15) is 5.82 Å². The molecule has 0 aliphatic carbocycles. The maximum absolute atomic E-state index is 13.5. The van der Waals surface area contributed by atoms with E-state index in [0.29, 0.717) is 24.3 Å². The lowest BCUT2D eigenvalue weighted by Gasteiger charge is -2.28. The highest BCUT2D eigenvalue weighted by atomic mass is 35.5. The number of fused-ring (bicyclic) bond motifs is 1. The van der Waals surface area contributed by atoms with Crippen LogP contribution in [-0.2, 0) is 9.59 Å². The Morgan fingerprint density at radius 1 is 1.15 bits per heavy atom.